The molecule has 3 heteroatoms. The van der Waals surface area contributed by atoms with Gasteiger partial charge < -0.3 is 5.32 Å². The van der Waals surface area contributed by atoms with Crippen molar-refractivity contribution in [2.75, 3.05) is 13.1 Å². The third-order valence-corrected chi connectivity index (χ3v) is 6.20. The fourth-order valence-corrected chi connectivity index (χ4v) is 4.23. The van der Waals surface area contributed by atoms with Crippen LogP contribution in [0, 0.1) is 0 Å². The lowest BCUT2D eigenvalue weighted by Crippen LogP contribution is -2.63. The zero-order valence-electron chi connectivity index (χ0n) is 13.5. The van der Waals surface area contributed by atoms with Crippen LogP contribution in [-0.2, 0) is 13.0 Å². The number of rotatable bonds is 6. The van der Waals surface area contributed by atoms with E-state index < -0.39 is 0 Å². The minimum atomic E-state index is 0.330. The molecular weight excluding hydrogens is 264 g/mol. The van der Waals surface area contributed by atoms with Crippen LogP contribution in [0.2, 0.25) is 0 Å². The Balaban J connectivity index is 2.08. The molecule has 1 aliphatic rings. The third kappa shape index (κ3) is 3.44. The predicted molar refractivity (Wildman–Crippen MR) is 89.5 cm³/mol. The van der Waals surface area contributed by atoms with Gasteiger partial charge in [-0.15, -0.1) is 11.3 Å². The van der Waals surface area contributed by atoms with Crippen molar-refractivity contribution in [3.63, 3.8) is 0 Å². The quantitative estimate of drug-likeness (QED) is 0.851. The van der Waals surface area contributed by atoms with Gasteiger partial charge in [0.2, 0.25) is 0 Å². The summed E-state index contributed by atoms with van der Waals surface area (Å²) < 4.78 is 0. The smallest absolute Gasteiger partial charge is 0.0332 e. The van der Waals surface area contributed by atoms with Crippen molar-refractivity contribution >= 4 is 11.3 Å². The Morgan fingerprint density at radius 3 is 2.45 bits per heavy atom. The molecule has 1 N–H and O–H groups in total. The van der Waals surface area contributed by atoms with Crippen LogP contribution in [0.1, 0.15) is 56.7 Å². The molecule has 2 nitrogen and oxygen atoms in total. The van der Waals surface area contributed by atoms with E-state index in [1.807, 2.05) is 11.3 Å². The van der Waals surface area contributed by atoms with Gasteiger partial charge in [0.1, 0.15) is 0 Å². The molecule has 0 amide bonds. The lowest BCUT2D eigenvalue weighted by atomic mass is 9.88. The summed E-state index contributed by atoms with van der Waals surface area (Å²) in [5, 5.41) is 3.83. The molecule has 1 fully saturated rings. The fourth-order valence-electron chi connectivity index (χ4n) is 3.25. The summed E-state index contributed by atoms with van der Waals surface area (Å²) in [6.45, 7) is 12.7. The molecule has 0 spiro atoms. The molecule has 1 unspecified atom stereocenters. The van der Waals surface area contributed by atoms with Gasteiger partial charge in [0.05, 0.1) is 0 Å². The van der Waals surface area contributed by atoms with Crippen LogP contribution in [0.3, 0.4) is 0 Å². The molecule has 1 aromatic heterocycles. The highest BCUT2D eigenvalue weighted by Gasteiger charge is 2.35. The van der Waals surface area contributed by atoms with Gasteiger partial charge in [-0.05, 0) is 37.8 Å². The molecule has 1 saturated heterocycles. The van der Waals surface area contributed by atoms with Crippen LogP contribution >= 0.6 is 11.3 Å². The van der Waals surface area contributed by atoms with Crippen LogP contribution in [0.5, 0.6) is 0 Å². The summed E-state index contributed by atoms with van der Waals surface area (Å²) in [7, 11) is 0. The SMILES string of the molecule is CCc1ccc(CN2CC(CC)(CC)NCC2CC)s1. The van der Waals surface area contributed by atoms with Crippen molar-refractivity contribution in [3.05, 3.63) is 21.9 Å². The lowest BCUT2D eigenvalue weighted by molar-refractivity contribution is 0.0651. The van der Waals surface area contributed by atoms with E-state index in [0.29, 0.717) is 11.6 Å². The van der Waals surface area contributed by atoms with E-state index in [1.54, 1.807) is 0 Å². The molecule has 1 aromatic rings. The number of thiophene rings is 1. The lowest BCUT2D eigenvalue weighted by Gasteiger charge is -2.47. The number of hydrogen-bond acceptors (Lipinski definition) is 3. The van der Waals surface area contributed by atoms with E-state index in [4.69, 9.17) is 0 Å². The molecule has 0 aromatic carbocycles. The van der Waals surface area contributed by atoms with Crippen LogP contribution in [0.25, 0.3) is 0 Å². The maximum absolute atomic E-state index is 3.83. The van der Waals surface area contributed by atoms with Crippen molar-refractivity contribution in [3.8, 4) is 0 Å². The average molecular weight is 295 g/mol. The zero-order chi connectivity index (χ0) is 14.6. The van der Waals surface area contributed by atoms with Crippen LogP contribution in [0.15, 0.2) is 12.1 Å². The van der Waals surface area contributed by atoms with E-state index in [9.17, 15) is 0 Å². The summed E-state index contributed by atoms with van der Waals surface area (Å²) in [5.74, 6) is 0. The number of aryl methyl sites for hydroxylation is 1. The monoisotopic (exact) mass is 294 g/mol. The van der Waals surface area contributed by atoms with E-state index in [1.165, 1.54) is 35.6 Å². The van der Waals surface area contributed by atoms with Crippen LogP contribution in [0.4, 0.5) is 0 Å². The maximum atomic E-state index is 3.83. The Bertz CT molecular complexity index is 409. The Morgan fingerprint density at radius 2 is 1.90 bits per heavy atom. The van der Waals surface area contributed by atoms with Crippen LogP contribution < -0.4 is 5.32 Å². The summed E-state index contributed by atoms with van der Waals surface area (Å²) in [6, 6.07) is 5.32. The molecule has 1 aliphatic heterocycles. The highest BCUT2D eigenvalue weighted by Crippen LogP contribution is 2.27. The Hall–Kier alpha value is -0.380. The van der Waals surface area contributed by atoms with Gasteiger partial charge in [0.25, 0.3) is 0 Å². The van der Waals surface area contributed by atoms with E-state index in [-0.39, 0.29) is 0 Å². The fraction of sp³-hybridized carbons (Fsp3) is 0.765. The predicted octanol–water partition coefficient (Wildman–Crippen LogP) is 4.05. The summed E-state index contributed by atoms with van der Waals surface area (Å²) in [6.07, 6.45) is 4.85. The van der Waals surface area contributed by atoms with Gasteiger partial charge in [-0.25, -0.2) is 0 Å². The topological polar surface area (TPSA) is 15.3 Å². The largest absolute Gasteiger partial charge is 0.308 e. The first kappa shape index (κ1) is 16.0. The Morgan fingerprint density at radius 1 is 1.20 bits per heavy atom. The van der Waals surface area contributed by atoms with Gasteiger partial charge in [-0.1, -0.05) is 27.7 Å². The van der Waals surface area contributed by atoms with Crippen molar-refractivity contribution in [2.45, 2.75) is 71.5 Å². The van der Waals surface area contributed by atoms with Gasteiger partial charge in [0, 0.05) is 41.0 Å². The Kier molecular flexibility index (Phi) is 5.65. The molecule has 20 heavy (non-hydrogen) atoms. The summed E-state index contributed by atoms with van der Waals surface area (Å²) in [4.78, 5) is 5.76. The normalized spacial score (nSPS) is 23.1. The highest BCUT2D eigenvalue weighted by atomic mass is 32.1. The summed E-state index contributed by atoms with van der Waals surface area (Å²) in [5.41, 5.74) is 0.330. The molecule has 0 saturated carbocycles. The minimum Gasteiger partial charge on any atom is -0.308 e. The number of nitrogens with one attached hydrogen (secondary N) is 1. The first-order valence-electron chi connectivity index (χ1n) is 8.23. The first-order chi connectivity index (χ1) is 9.66. The van der Waals surface area contributed by atoms with Gasteiger partial charge >= 0.3 is 0 Å². The second kappa shape index (κ2) is 7.06. The number of hydrogen-bond donors (Lipinski definition) is 1. The molecule has 0 aliphatic carbocycles. The Labute approximate surface area is 128 Å². The first-order valence-corrected chi connectivity index (χ1v) is 9.04. The van der Waals surface area contributed by atoms with Gasteiger partial charge in [-0.2, -0.15) is 0 Å². The molecule has 0 radical (unpaired) electrons. The highest BCUT2D eigenvalue weighted by molar-refractivity contribution is 7.11. The number of nitrogens with zero attached hydrogens (tertiary/aromatic N) is 1. The molecular formula is C17H30N2S. The molecule has 1 atom stereocenters. The zero-order valence-corrected chi connectivity index (χ0v) is 14.4. The summed E-state index contributed by atoms with van der Waals surface area (Å²) >= 11 is 1.99. The second-order valence-electron chi connectivity index (χ2n) is 6.06. The van der Waals surface area contributed by atoms with Crippen molar-refractivity contribution < 1.29 is 0 Å². The van der Waals surface area contributed by atoms with Crippen molar-refractivity contribution in [1.29, 1.82) is 0 Å². The molecule has 2 heterocycles. The average Bonchev–Trinajstić information content (AvgIpc) is 2.94. The van der Waals surface area contributed by atoms with E-state index in [0.717, 1.165) is 19.5 Å². The third-order valence-electron chi connectivity index (χ3n) is 4.98. The standard InChI is InChI=1S/C17H30N2S/c1-5-14-11-18-17(7-3,8-4)13-19(14)12-16-10-9-15(6-2)20-16/h9-10,14,18H,5-8,11-13H2,1-4H3. The second-order valence-corrected chi connectivity index (χ2v) is 7.31. The van der Waals surface area contributed by atoms with Gasteiger partial charge in [0.15, 0.2) is 0 Å². The van der Waals surface area contributed by atoms with Crippen molar-refractivity contribution in [2.24, 2.45) is 0 Å². The van der Waals surface area contributed by atoms with E-state index >= 15 is 0 Å². The van der Waals surface area contributed by atoms with Crippen LogP contribution in [-0.4, -0.2) is 29.6 Å². The molecule has 2 rings (SSSR count). The molecule has 0 bridgehead atoms. The van der Waals surface area contributed by atoms with Gasteiger partial charge in [-0.3, -0.25) is 4.90 Å². The minimum absolute atomic E-state index is 0.330. The van der Waals surface area contributed by atoms with E-state index in [2.05, 4.69) is 50.0 Å². The maximum Gasteiger partial charge on any atom is 0.0332 e. The number of piperazine rings is 1. The molecule has 114 valence electrons. The van der Waals surface area contributed by atoms with Crippen molar-refractivity contribution in [1.82, 2.24) is 10.2 Å².